The fourth-order valence-electron chi connectivity index (χ4n) is 2.03. The van der Waals surface area contributed by atoms with E-state index < -0.39 is 0 Å². The van der Waals surface area contributed by atoms with Gasteiger partial charge in [-0.3, -0.25) is 0 Å². The van der Waals surface area contributed by atoms with Gasteiger partial charge in [-0.25, -0.2) is 0 Å². The summed E-state index contributed by atoms with van der Waals surface area (Å²) in [6.07, 6.45) is 4.61. The maximum atomic E-state index is 5.55. The van der Waals surface area contributed by atoms with Gasteiger partial charge >= 0.3 is 0 Å². The molecule has 1 aliphatic carbocycles. The van der Waals surface area contributed by atoms with Gasteiger partial charge in [0.2, 0.25) is 0 Å². The summed E-state index contributed by atoms with van der Waals surface area (Å²) in [5.41, 5.74) is 0.899. The summed E-state index contributed by atoms with van der Waals surface area (Å²) in [7, 11) is 1.77. The third-order valence-corrected chi connectivity index (χ3v) is 3.01. The summed E-state index contributed by atoms with van der Waals surface area (Å²) in [5, 5.41) is 0. The molecule has 2 rings (SSSR count). The lowest BCUT2D eigenvalue weighted by molar-refractivity contribution is 0.0475. The van der Waals surface area contributed by atoms with E-state index in [1.807, 2.05) is 30.3 Å². The summed E-state index contributed by atoms with van der Waals surface area (Å²) < 4.78 is 5.55. The van der Waals surface area contributed by atoms with Gasteiger partial charge in [-0.2, -0.15) is 0 Å². The lowest BCUT2D eigenvalue weighted by Gasteiger charge is -2.19. The van der Waals surface area contributed by atoms with Crippen LogP contribution in [-0.2, 0) is 4.74 Å². The van der Waals surface area contributed by atoms with Gasteiger partial charge in [0.1, 0.15) is 5.60 Å². The van der Waals surface area contributed by atoms with Crippen molar-refractivity contribution in [1.29, 1.82) is 0 Å². The highest BCUT2D eigenvalue weighted by molar-refractivity contribution is 5.36. The third kappa shape index (κ3) is 2.40. The van der Waals surface area contributed by atoms with Crippen LogP contribution in [0, 0.1) is 11.8 Å². The zero-order valence-corrected chi connectivity index (χ0v) is 9.12. The molecule has 0 heterocycles. The van der Waals surface area contributed by atoms with Crippen molar-refractivity contribution in [3.05, 3.63) is 35.9 Å². The van der Waals surface area contributed by atoms with Gasteiger partial charge < -0.3 is 4.74 Å². The average Bonchev–Trinajstić information content (AvgIpc) is 2.77. The van der Waals surface area contributed by atoms with Gasteiger partial charge in [0, 0.05) is 12.7 Å². The molecule has 0 atom stereocenters. The Hall–Kier alpha value is -1.26. The van der Waals surface area contributed by atoms with E-state index in [0.29, 0.717) is 0 Å². The van der Waals surface area contributed by atoms with Crippen LogP contribution in [0.3, 0.4) is 0 Å². The first-order chi connectivity index (χ1) is 7.35. The predicted molar refractivity (Wildman–Crippen MR) is 61.5 cm³/mol. The summed E-state index contributed by atoms with van der Waals surface area (Å²) >= 11 is 0. The van der Waals surface area contributed by atoms with Crippen LogP contribution in [0.4, 0.5) is 0 Å². The fraction of sp³-hybridized carbons (Fsp3) is 0.429. The highest BCUT2D eigenvalue weighted by atomic mass is 16.5. The Bertz CT molecular complexity index is 363. The van der Waals surface area contributed by atoms with Gasteiger partial charge in [0.05, 0.1) is 0 Å². The van der Waals surface area contributed by atoms with Crippen LogP contribution in [0.5, 0.6) is 0 Å². The molecule has 0 radical (unpaired) electrons. The molecule has 1 saturated carbocycles. The summed E-state index contributed by atoms with van der Waals surface area (Å²) in [4.78, 5) is 0. The van der Waals surface area contributed by atoms with E-state index in [-0.39, 0.29) is 5.60 Å². The minimum absolute atomic E-state index is 0.171. The van der Waals surface area contributed by atoms with Crippen molar-refractivity contribution >= 4 is 0 Å². The normalized spacial score (nSPS) is 18.2. The molecule has 0 amide bonds. The standard InChI is InChI=1S/C14H16O/c1-15-14(10-5-6-11-14)12-9-13-7-3-2-4-8-13/h2-4,7-8H,5-6,10-11H2,1H3. The first-order valence-electron chi connectivity index (χ1n) is 5.48. The lowest BCUT2D eigenvalue weighted by atomic mass is 10.0. The molecule has 0 saturated heterocycles. The van der Waals surface area contributed by atoms with E-state index in [1.54, 1.807) is 7.11 Å². The Kier molecular flexibility index (Phi) is 3.08. The highest BCUT2D eigenvalue weighted by Gasteiger charge is 2.31. The van der Waals surface area contributed by atoms with Crippen LogP contribution in [0.15, 0.2) is 30.3 Å². The zero-order chi connectivity index (χ0) is 10.6. The largest absolute Gasteiger partial charge is 0.366 e. The second kappa shape index (κ2) is 4.51. The second-order valence-corrected chi connectivity index (χ2v) is 4.02. The summed E-state index contributed by atoms with van der Waals surface area (Å²) in [6.45, 7) is 0. The molecule has 0 N–H and O–H groups in total. The second-order valence-electron chi connectivity index (χ2n) is 4.02. The zero-order valence-electron chi connectivity index (χ0n) is 9.12. The Balaban J connectivity index is 2.16. The van der Waals surface area contributed by atoms with Crippen molar-refractivity contribution in [3.8, 4) is 11.8 Å². The molecule has 1 nitrogen and oxygen atoms in total. The Morgan fingerprint density at radius 3 is 2.40 bits per heavy atom. The van der Waals surface area contributed by atoms with E-state index in [4.69, 9.17) is 4.74 Å². The van der Waals surface area contributed by atoms with Crippen LogP contribution in [-0.4, -0.2) is 12.7 Å². The number of hydrogen-bond acceptors (Lipinski definition) is 1. The minimum atomic E-state index is -0.171. The molecular formula is C14H16O. The summed E-state index contributed by atoms with van der Waals surface area (Å²) in [5.74, 6) is 6.49. The van der Waals surface area contributed by atoms with Crippen LogP contribution >= 0.6 is 0 Å². The number of ether oxygens (including phenoxy) is 1. The summed E-state index contributed by atoms with van der Waals surface area (Å²) in [6, 6.07) is 10.1. The first kappa shape index (κ1) is 10.3. The maximum absolute atomic E-state index is 5.55. The van der Waals surface area contributed by atoms with Crippen LogP contribution in [0.25, 0.3) is 0 Å². The lowest BCUT2D eigenvalue weighted by Crippen LogP contribution is -2.24. The molecule has 1 aliphatic rings. The number of benzene rings is 1. The Morgan fingerprint density at radius 1 is 1.13 bits per heavy atom. The van der Waals surface area contributed by atoms with E-state index in [1.165, 1.54) is 12.8 Å². The fourth-order valence-corrected chi connectivity index (χ4v) is 2.03. The van der Waals surface area contributed by atoms with E-state index in [9.17, 15) is 0 Å². The quantitative estimate of drug-likeness (QED) is 0.633. The van der Waals surface area contributed by atoms with E-state index >= 15 is 0 Å². The molecule has 0 spiro atoms. The SMILES string of the molecule is COC1(C#Cc2ccccc2)CCCC1. The molecule has 0 aromatic heterocycles. The first-order valence-corrected chi connectivity index (χ1v) is 5.48. The van der Waals surface area contributed by atoms with Crippen molar-refractivity contribution in [3.63, 3.8) is 0 Å². The van der Waals surface area contributed by atoms with E-state index in [0.717, 1.165) is 18.4 Å². The predicted octanol–water partition coefficient (Wildman–Crippen LogP) is 3.00. The van der Waals surface area contributed by atoms with Gasteiger partial charge in [-0.15, -0.1) is 0 Å². The molecule has 1 fully saturated rings. The Morgan fingerprint density at radius 2 is 1.80 bits per heavy atom. The van der Waals surface area contributed by atoms with Crippen molar-refractivity contribution in [1.82, 2.24) is 0 Å². The molecule has 78 valence electrons. The number of hydrogen-bond donors (Lipinski definition) is 0. The molecule has 0 bridgehead atoms. The van der Waals surface area contributed by atoms with Gasteiger partial charge in [-0.05, 0) is 37.8 Å². The Labute approximate surface area is 91.5 Å². The monoisotopic (exact) mass is 200 g/mol. The minimum Gasteiger partial charge on any atom is -0.366 e. The van der Waals surface area contributed by atoms with Crippen LogP contribution < -0.4 is 0 Å². The smallest absolute Gasteiger partial charge is 0.128 e. The van der Waals surface area contributed by atoms with Crippen molar-refractivity contribution in [2.75, 3.05) is 7.11 Å². The topological polar surface area (TPSA) is 9.23 Å². The van der Waals surface area contributed by atoms with Crippen molar-refractivity contribution in [2.45, 2.75) is 31.3 Å². The van der Waals surface area contributed by atoms with Gasteiger partial charge in [0.25, 0.3) is 0 Å². The van der Waals surface area contributed by atoms with Gasteiger partial charge in [-0.1, -0.05) is 30.0 Å². The molecule has 1 heteroatoms. The van der Waals surface area contributed by atoms with Crippen molar-refractivity contribution in [2.24, 2.45) is 0 Å². The molecule has 1 aromatic carbocycles. The molecule has 15 heavy (non-hydrogen) atoms. The number of rotatable bonds is 1. The molecule has 1 aromatic rings. The third-order valence-electron chi connectivity index (χ3n) is 3.01. The molecule has 0 unspecified atom stereocenters. The molecular weight excluding hydrogens is 184 g/mol. The van der Waals surface area contributed by atoms with Gasteiger partial charge in [0.15, 0.2) is 0 Å². The number of methoxy groups -OCH3 is 1. The van der Waals surface area contributed by atoms with Crippen molar-refractivity contribution < 1.29 is 4.74 Å². The maximum Gasteiger partial charge on any atom is 0.128 e. The average molecular weight is 200 g/mol. The molecule has 0 aliphatic heterocycles. The van der Waals surface area contributed by atoms with Crippen LogP contribution in [0.1, 0.15) is 31.2 Å². The highest BCUT2D eigenvalue weighted by Crippen LogP contribution is 2.31. The van der Waals surface area contributed by atoms with Crippen LogP contribution in [0.2, 0.25) is 0 Å². The van der Waals surface area contributed by atoms with E-state index in [2.05, 4.69) is 11.8 Å².